The van der Waals surface area contributed by atoms with Crippen LogP contribution < -0.4 is 5.32 Å². The summed E-state index contributed by atoms with van der Waals surface area (Å²) in [5.74, 6) is -0.231. The number of carbonyl (C=O) groups excluding carboxylic acids is 2. The molecule has 2 amide bonds. The number of anilines is 1. The fourth-order valence-corrected chi connectivity index (χ4v) is 2.60. The number of piperidine rings is 1. The average molecular weight is 329 g/mol. The number of hydrogen-bond donors (Lipinski definition) is 1. The summed E-state index contributed by atoms with van der Waals surface area (Å²) in [7, 11) is 0. The van der Waals surface area contributed by atoms with Gasteiger partial charge in [-0.15, -0.1) is 0 Å². The molecule has 1 aromatic rings. The van der Waals surface area contributed by atoms with Crippen LogP contribution in [0.3, 0.4) is 0 Å². The van der Waals surface area contributed by atoms with Crippen molar-refractivity contribution in [1.29, 1.82) is 5.26 Å². The second kappa shape index (κ2) is 7.35. The Morgan fingerprint density at radius 2 is 1.92 bits per heavy atom. The fourth-order valence-electron chi connectivity index (χ4n) is 2.60. The molecular formula is C18H23N3O3. The van der Waals surface area contributed by atoms with Crippen molar-refractivity contribution < 1.29 is 14.3 Å². The minimum absolute atomic E-state index is 0.231. The summed E-state index contributed by atoms with van der Waals surface area (Å²) in [6.07, 6.45) is 1.91. The van der Waals surface area contributed by atoms with E-state index in [0.29, 0.717) is 24.2 Å². The van der Waals surface area contributed by atoms with Gasteiger partial charge in [0.1, 0.15) is 11.6 Å². The zero-order valence-corrected chi connectivity index (χ0v) is 14.3. The van der Waals surface area contributed by atoms with Crippen LogP contribution in [-0.4, -0.2) is 35.1 Å². The highest BCUT2D eigenvalue weighted by molar-refractivity contribution is 5.96. The molecule has 0 bridgehead atoms. The molecule has 24 heavy (non-hydrogen) atoms. The predicted molar refractivity (Wildman–Crippen MR) is 90.4 cm³/mol. The summed E-state index contributed by atoms with van der Waals surface area (Å²) in [6, 6.07) is 8.13. The Labute approximate surface area is 142 Å². The highest BCUT2D eigenvalue weighted by Crippen LogP contribution is 2.22. The molecule has 0 radical (unpaired) electrons. The van der Waals surface area contributed by atoms with E-state index >= 15 is 0 Å². The highest BCUT2D eigenvalue weighted by Gasteiger charge is 2.34. The maximum atomic E-state index is 12.6. The number of amides is 2. The lowest BCUT2D eigenvalue weighted by atomic mass is 10.0. The molecule has 0 spiro atoms. The average Bonchev–Trinajstić information content (AvgIpc) is 2.54. The van der Waals surface area contributed by atoms with Crippen molar-refractivity contribution >= 4 is 17.7 Å². The van der Waals surface area contributed by atoms with E-state index in [2.05, 4.69) is 5.32 Å². The van der Waals surface area contributed by atoms with Gasteiger partial charge in [0, 0.05) is 12.2 Å². The van der Waals surface area contributed by atoms with Crippen molar-refractivity contribution in [3.8, 4) is 6.07 Å². The van der Waals surface area contributed by atoms with E-state index < -0.39 is 17.7 Å². The first-order chi connectivity index (χ1) is 11.3. The lowest BCUT2D eigenvalue weighted by molar-refractivity contribution is -0.122. The third kappa shape index (κ3) is 4.72. The zero-order chi connectivity index (χ0) is 17.7. The van der Waals surface area contributed by atoms with E-state index in [9.17, 15) is 9.59 Å². The lowest BCUT2D eigenvalue weighted by Gasteiger charge is -2.35. The summed E-state index contributed by atoms with van der Waals surface area (Å²) in [5, 5.41) is 11.6. The van der Waals surface area contributed by atoms with E-state index in [-0.39, 0.29) is 5.91 Å². The standard InChI is InChI=1S/C18H23N3O3/c1-18(2,3)24-17(23)21-11-5-4-6-15(21)16(22)20-14-9-7-13(12-19)8-10-14/h7-10,15H,4-6,11H2,1-3H3,(H,20,22)/t15-/m1/s1. The number of rotatable bonds is 2. The maximum absolute atomic E-state index is 12.6. The third-order valence-electron chi connectivity index (χ3n) is 3.71. The van der Waals surface area contributed by atoms with Crippen molar-refractivity contribution in [1.82, 2.24) is 4.90 Å². The molecule has 2 rings (SSSR count). The first-order valence-corrected chi connectivity index (χ1v) is 8.11. The summed E-state index contributed by atoms with van der Waals surface area (Å²) in [6.45, 7) is 5.93. The molecule has 6 heteroatoms. The van der Waals surface area contributed by atoms with Crippen LogP contribution in [0.1, 0.15) is 45.6 Å². The molecule has 0 unspecified atom stereocenters. The van der Waals surface area contributed by atoms with Gasteiger partial charge in [0.05, 0.1) is 11.6 Å². The largest absolute Gasteiger partial charge is 0.444 e. The third-order valence-corrected chi connectivity index (χ3v) is 3.71. The minimum Gasteiger partial charge on any atom is -0.444 e. The van der Waals surface area contributed by atoms with Crippen molar-refractivity contribution in [2.24, 2.45) is 0 Å². The molecule has 0 aliphatic carbocycles. The Morgan fingerprint density at radius 3 is 2.50 bits per heavy atom. The van der Waals surface area contributed by atoms with Crippen molar-refractivity contribution in [2.45, 2.75) is 51.7 Å². The van der Waals surface area contributed by atoms with E-state index in [0.717, 1.165) is 12.8 Å². The number of carbonyl (C=O) groups is 2. The molecule has 1 saturated heterocycles. The van der Waals surface area contributed by atoms with Gasteiger partial charge in [0.2, 0.25) is 5.91 Å². The number of nitrogens with zero attached hydrogens (tertiary/aromatic N) is 2. The summed E-state index contributed by atoms with van der Waals surface area (Å²) in [5.41, 5.74) is 0.539. The van der Waals surface area contributed by atoms with E-state index in [4.69, 9.17) is 10.00 Å². The van der Waals surface area contributed by atoms with Crippen molar-refractivity contribution in [2.75, 3.05) is 11.9 Å². The Bertz CT molecular complexity index is 641. The van der Waals surface area contributed by atoms with E-state index in [1.54, 1.807) is 45.0 Å². The summed E-state index contributed by atoms with van der Waals surface area (Å²) in [4.78, 5) is 26.4. The molecular weight excluding hydrogens is 306 g/mol. The van der Waals surface area contributed by atoms with Gasteiger partial charge in [-0.3, -0.25) is 9.69 Å². The molecule has 1 N–H and O–H groups in total. The van der Waals surface area contributed by atoms with Crippen molar-refractivity contribution in [3.63, 3.8) is 0 Å². The van der Waals surface area contributed by atoms with Crippen LogP contribution in [0, 0.1) is 11.3 Å². The van der Waals surface area contributed by atoms with Crippen LogP contribution in [0.5, 0.6) is 0 Å². The van der Waals surface area contributed by atoms with Crippen molar-refractivity contribution in [3.05, 3.63) is 29.8 Å². The molecule has 6 nitrogen and oxygen atoms in total. The molecule has 128 valence electrons. The van der Waals surface area contributed by atoms with Crippen LogP contribution in [0.2, 0.25) is 0 Å². The number of likely N-dealkylation sites (tertiary alicyclic amines) is 1. The fraction of sp³-hybridized carbons (Fsp3) is 0.500. The predicted octanol–water partition coefficient (Wildman–Crippen LogP) is 3.29. The van der Waals surface area contributed by atoms with Crippen LogP contribution >= 0.6 is 0 Å². The molecule has 1 fully saturated rings. The molecule has 0 aromatic heterocycles. The lowest BCUT2D eigenvalue weighted by Crippen LogP contribution is -2.51. The van der Waals surface area contributed by atoms with Gasteiger partial charge in [-0.2, -0.15) is 5.26 Å². The van der Waals surface area contributed by atoms with Gasteiger partial charge in [-0.1, -0.05) is 0 Å². The first-order valence-electron chi connectivity index (χ1n) is 8.11. The quantitative estimate of drug-likeness (QED) is 0.902. The Hall–Kier alpha value is -2.55. The Kier molecular flexibility index (Phi) is 5.45. The van der Waals surface area contributed by atoms with Crippen LogP contribution in [0.4, 0.5) is 10.5 Å². The smallest absolute Gasteiger partial charge is 0.410 e. The van der Waals surface area contributed by atoms with Crippen LogP contribution in [0.15, 0.2) is 24.3 Å². The van der Waals surface area contributed by atoms with Gasteiger partial charge in [-0.25, -0.2) is 4.79 Å². The van der Waals surface area contributed by atoms with Gasteiger partial charge in [0.15, 0.2) is 0 Å². The second-order valence-corrected chi connectivity index (χ2v) is 6.86. The number of hydrogen-bond acceptors (Lipinski definition) is 4. The summed E-state index contributed by atoms with van der Waals surface area (Å²) >= 11 is 0. The minimum atomic E-state index is -0.595. The van der Waals surface area contributed by atoms with Crippen LogP contribution in [-0.2, 0) is 9.53 Å². The number of ether oxygens (including phenoxy) is 1. The number of nitriles is 1. The molecule has 1 atom stereocenters. The first kappa shape index (κ1) is 17.8. The second-order valence-electron chi connectivity index (χ2n) is 6.86. The molecule has 1 aliphatic heterocycles. The van der Waals surface area contributed by atoms with Gasteiger partial charge < -0.3 is 10.1 Å². The monoisotopic (exact) mass is 329 g/mol. The number of benzene rings is 1. The normalized spacial score (nSPS) is 17.8. The Balaban J connectivity index is 2.07. The molecule has 0 saturated carbocycles. The summed E-state index contributed by atoms with van der Waals surface area (Å²) < 4.78 is 5.41. The Morgan fingerprint density at radius 1 is 1.25 bits per heavy atom. The van der Waals surface area contributed by atoms with Crippen LogP contribution in [0.25, 0.3) is 0 Å². The molecule has 1 aliphatic rings. The van der Waals surface area contributed by atoms with E-state index in [1.165, 1.54) is 4.90 Å². The van der Waals surface area contributed by atoms with Gasteiger partial charge >= 0.3 is 6.09 Å². The topological polar surface area (TPSA) is 82.4 Å². The number of nitrogens with one attached hydrogen (secondary N) is 1. The van der Waals surface area contributed by atoms with Gasteiger partial charge in [0.25, 0.3) is 0 Å². The van der Waals surface area contributed by atoms with Gasteiger partial charge in [-0.05, 0) is 64.3 Å². The van der Waals surface area contributed by atoms with E-state index in [1.807, 2.05) is 6.07 Å². The zero-order valence-electron chi connectivity index (χ0n) is 14.3. The molecule has 1 aromatic carbocycles. The highest BCUT2D eigenvalue weighted by atomic mass is 16.6. The molecule has 1 heterocycles. The SMILES string of the molecule is CC(C)(C)OC(=O)N1CCCC[C@@H]1C(=O)Nc1ccc(C#N)cc1. The maximum Gasteiger partial charge on any atom is 0.410 e.